The van der Waals surface area contributed by atoms with Gasteiger partial charge in [0.15, 0.2) is 0 Å². The first kappa shape index (κ1) is 20.8. The van der Waals surface area contributed by atoms with Crippen LogP contribution in [-0.2, 0) is 10.2 Å². The Bertz CT molecular complexity index is 1290. The third-order valence-corrected chi connectivity index (χ3v) is 6.39. The summed E-state index contributed by atoms with van der Waals surface area (Å²) in [5.41, 5.74) is 11.1. The molecule has 0 spiro atoms. The van der Waals surface area contributed by atoms with Crippen molar-refractivity contribution in [3.63, 3.8) is 0 Å². The SMILES string of the molecule is COC(=O)c1cc(-c2ccc(F)nc2)c(C2(c3ccc(-c4cnc(N)nc4)cc3)CCC2)[nH]1. The Morgan fingerprint density at radius 2 is 1.67 bits per heavy atom. The van der Waals surface area contributed by atoms with Gasteiger partial charge in [0.1, 0.15) is 5.69 Å². The molecule has 3 heterocycles. The van der Waals surface area contributed by atoms with Crippen LogP contribution in [0.25, 0.3) is 22.3 Å². The van der Waals surface area contributed by atoms with Gasteiger partial charge in [-0.3, -0.25) is 0 Å². The lowest BCUT2D eigenvalue weighted by atomic mass is 9.61. The minimum Gasteiger partial charge on any atom is -0.464 e. The molecule has 4 aromatic rings. The molecule has 3 N–H and O–H groups in total. The van der Waals surface area contributed by atoms with Crippen LogP contribution < -0.4 is 5.73 Å². The highest BCUT2D eigenvalue weighted by molar-refractivity contribution is 5.90. The topological polar surface area (TPSA) is 107 Å². The van der Waals surface area contributed by atoms with Gasteiger partial charge < -0.3 is 15.5 Å². The molecule has 166 valence electrons. The van der Waals surface area contributed by atoms with E-state index in [1.165, 1.54) is 19.4 Å². The number of nitrogens with zero attached hydrogens (tertiary/aromatic N) is 3. The molecule has 1 saturated carbocycles. The molecule has 1 aliphatic rings. The van der Waals surface area contributed by atoms with Gasteiger partial charge in [-0.15, -0.1) is 0 Å². The van der Waals surface area contributed by atoms with E-state index >= 15 is 0 Å². The number of methoxy groups -OCH3 is 1. The van der Waals surface area contributed by atoms with Crippen molar-refractivity contribution in [2.24, 2.45) is 0 Å². The highest BCUT2D eigenvalue weighted by Crippen LogP contribution is 2.51. The molecule has 0 unspecified atom stereocenters. The Labute approximate surface area is 189 Å². The van der Waals surface area contributed by atoms with E-state index in [1.54, 1.807) is 24.5 Å². The van der Waals surface area contributed by atoms with Gasteiger partial charge in [-0.1, -0.05) is 30.7 Å². The van der Waals surface area contributed by atoms with Crippen LogP contribution in [0.3, 0.4) is 0 Å². The number of benzene rings is 1. The largest absolute Gasteiger partial charge is 0.464 e. The molecule has 5 rings (SSSR count). The molecule has 8 heteroatoms. The summed E-state index contributed by atoms with van der Waals surface area (Å²) < 4.78 is 18.4. The number of aromatic amines is 1. The average molecular weight is 443 g/mol. The van der Waals surface area contributed by atoms with Crippen molar-refractivity contribution >= 4 is 11.9 Å². The fraction of sp³-hybridized carbons (Fsp3) is 0.200. The summed E-state index contributed by atoms with van der Waals surface area (Å²) in [4.78, 5) is 27.6. The van der Waals surface area contributed by atoms with Crippen LogP contribution in [0.15, 0.2) is 61.1 Å². The molecule has 1 aromatic carbocycles. The summed E-state index contributed by atoms with van der Waals surface area (Å²) in [6.45, 7) is 0. The number of halogens is 1. The highest BCUT2D eigenvalue weighted by atomic mass is 19.1. The maximum atomic E-state index is 13.5. The Balaban J connectivity index is 1.59. The van der Waals surface area contributed by atoms with Crippen molar-refractivity contribution in [3.8, 4) is 22.3 Å². The first-order valence-corrected chi connectivity index (χ1v) is 10.6. The number of rotatable bonds is 5. The lowest BCUT2D eigenvalue weighted by Crippen LogP contribution is -2.36. The Morgan fingerprint density at radius 3 is 2.24 bits per heavy atom. The molecule has 0 aliphatic heterocycles. The summed E-state index contributed by atoms with van der Waals surface area (Å²) in [6, 6.07) is 13.0. The molecule has 0 amide bonds. The number of anilines is 1. The first-order valence-electron chi connectivity index (χ1n) is 10.6. The van der Waals surface area contributed by atoms with Crippen LogP contribution in [0.5, 0.6) is 0 Å². The van der Waals surface area contributed by atoms with Crippen molar-refractivity contribution in [3.05, 3.63) is 84.0 Å². The number of pyridine rings is 1. The lowest BCUT2D eigenvalue weighted by Gasteiger charge is -2.43. The highest BCUT2D eigenvalue weighted by Gasteiger charge is 2.43. The Kier molecular flexibility index (Phi) is 5.12. The van der Waals surface area contributed by atoms with E-state index < -0.39 is 11.9 Å². The van der Waals surface area contributed by atoms with Crippen LogP contribution >= 0.6 is 0 Å². The quantitative estimate of drug-likeness (QED) is 0.347. The number of nitrogen functional groups attached to an aromatic ring is 1. The normalized spacial score (nSPS) is 14.5. The molecule has 7 nitrogen and oxygen atoms in total. The number of carbonyl (C=O) groups excluding carboxylic acids is 1. The third-order valence-electron chi connectivity index (χ3n) is 6.39. The molecule has 1 fully saturated rings. The van der Waals surface area contributed by atoms with Gasteiger partial charge in [0.05, 0.1) is 7.11 Å². The zero-order valence-corrected chi connectivity index (χ0v) is 18.0. The zero-order valence-electron chi connectivity index (χ0n) is 18.0. The van der Waals surface area contributed by atoms with E-state index in [4.69, 9.17) is 10.5 Å². The van der Waals surface area contributed by atoms with E-state index in [0.29, 0.717) is 5.69 Å². The van der Waals surface area contributed by atoms with Crippen molar-refractivity contribution in [2.75, 3.05) is 12.8 Å². The van der Waals surface area contributed by atoms with E-state index in [0.717, 1.165) is 52.8 Å². The minimum atomic E-state index is -0.551. The van der Waals surface area contributed by atoms with E-state index in [2.05, 4.69) is 32.1 Å². The first-order chi connectivity index (χ1) is 16.0. The molecule has 33 heavy (non-hydrogen) atoms. The van der Waals surface area contributed by atoms with Crippen LogP contribution in [0, 0.1) is 5.95 Å². The third kappa shape index (κ3) is 3.63. The van der Waals surface area contributed by atoms with Crippen LogP contribution in [0.1, 0.15) is 41.0 Å². The second-order valence-electron chi connectivity index (χ2n) is 8.18. The van der Waals surface area contributed by atoms with Gasteiger partial charge in [0.25, 0.3) is 0 Å². The van der Waals surface area contributed by atoms with Gasteiger partial charge >= 0.3 is 5.97 Å². The summed E-state index contributed by atoms with van der Waals surface area (Å²) >= 11 is 0. The molecular weight excluding hydrogens is 421 g/mol. The molecule has 0 bridgehead atoms. The molecule has 0 atom stereocenters. The Morgan fingerprint density at radius 1 is 1.00 bits per heavy atom. The molecular formula is C25H22FN5O2. The number of esters is 1. The molecule has 0 radical (unpaired) electrons. The maximum Gasteiger partial charge on any atom is 0.354 e. The number of carbonyl (C=O) groups is 1. The fourth-order valence-corrected chi connectivity index (χ4v) is 4.50. The second kappa shape index (κ2) is 8.12. The summed E-state index contributed by atoms with van der Waals surface area (Å²) in [6.07, 6.45) is 7.77. The van der Waals surface area contributed by atoms with Gasteiger partial charge in [0, 0.05) is 46.4 Å². The van der Waals surface area contributed by atoms with Crippen molar-refractivity contribution in [1.29, 1.82) is 0 Å². The summed E-state index contributed by atoms with van der Waals surface area (Å²) in [7, 11) is 1.35. The second-order valence-corrected chi connectivity index (χ2v) is 8.18. The average Bonchev–Trinajstić information content (AvgIpc) is 3.25. The van der Waals surface area contributed by atoms with E-state index in [9.17, 15) is 9.18 Å². The van der Waals surface area contributed by atoms with Crippen molar-refractivity contribution in [2.45, 2.75) is 24.7 Å². The van der Waals surface area contributed by atoms with Crippen molar-refractivity contribution in [1.82, 2.24) is 19.9 Å². The zero-order chi connectivity index (χ0) is 23.0. The van der Waals surface area contributed by atoms with Gasteiger partial charge in [-0.05, 0) is 42.2 Å². The molecule has 0 saturated heterocycles. The summed E-state index contributed by atoms with van der Waals surface area (Å²) in [5.74, 6) is -0.768. The van der Waals surface area contributed by atoms with Gasteiger partial charge in [-0.2, -0.15) is 4.39 Å². The number of nitrogens with one attached hydrogen (secondary N) is 1. The van der Waals surface area contributed by atoms with Crippen LogP contribution in [0.2, 0.25) is 0 Å². The van der Waals surface area contributed by atoms with Crippen LogP contribution in [0.4, 0.5) is 10.3 Å². The molecule has 3 aromatic heterocycles. The number of aromatic nitrogens is 4. The number of ether oxygens (including phenoxy) is 1. The number of hydrogen-bond acceptors (Lipinski definition) is 6. The van der Waals surface area contributed by atoms with E-state index in [-0.39, 0.29) is 11.4 Å². The maximum absolute atomic E-state index is 13.5. The molecule has 1 aliphatic carbocycles. The predicted octanol–water partition coefficient (Wildman–Crippen LogP) is 4.51. The number of nitrogens with two attached hydrogens (primary N) is 1. The summed E-state index contributed by atoms with van der Waals surface area (Å²) in [5, 5.41) is 0. The number of H-pyrrole nitrogens is 1. The monoisotopic (exact) mass is 443 g/mol. The fourth-order valence-electron chi connectivity index (χ4n) is 4.50. The van der Waals surface area contributed by atoms with Crippen LogP contribution in [-0.4, -0.2) is 33.0 Å². The lowest BCUT2D eigenvalue weighted by molar-refractivity contribution is 0.0594. The predicted molar refractivity (Wildman–Crippen MR) is 122 cm³/mol. The van der Waals surface area contributed by atoms with Gasteiger partial charge in [0.2, 0.25) is 11.9 Å². The van der Waals surface area contributed by atoms with Crippen molar-refractivity contribution < 1.29 is 13.9 Å². The van der Waals surface area contributed by atoms with Gasteiger partial charge in [-0.25, -0.2) is 19.7 Å². The standard InChI is InChI=1S/C25H22FN5O2/c1-33-23(32)20-11-19(16-5-8-21(26)28-12-16)22(31-20)25(9-2-10-25)18-6-3-15(4-7-18)17-13-29-24(27)30-14-17/h3-8,11-14,31H,2,9-10H2,1H3,(H2,27,29,30). The smallest absolute Gasteiger partial charge is 0.354 e. The van der Waals surface area contributed by atoms with E-state index in [1.807, 2.05) is 12.1 Å². The minimum absolute atomic E-state index is 0.236. The number of hydrogen-bond donors (Lipinski definition) is 2. The Hall–Kier alpha value is -4.07.